The lowest BCUT2D eigenvalue weighted by molar-refractivity contribution is -0.125. The van der Waals surface area contributed by atoms with E-state index in [1.807, 2.05) is 39.0 Å². The van der Waals surface area contributed by atoms with Gasteiger partial charge in [0.15, 0.2) is 0 Å². The number of halogens is 1. The zero-order valence-electron chi connectivity index (χ0n) is 18.0. The summed E-state index contributed by atoms with van der Waals surface area (Å²) in [5, 5.41) is 10.6. The Balaban J connectivity index is 1.84. The van der Waals surface area contributed by atoms with Gasteiger partial charge in [-0.1, -0.05) is 43.7 Å². The predicted molar refractivity (Wildman–Crippen MR) is 118 cm³/mol. The minimum absolute atomic E-state index is 0.199. The van der Waals surface area contributed by atoms with Crippen LogP contribution < -0.4 is 21.3 Å². The minimum Gasteiger partial charge on any atom is -0.345 e. The number of para-hydroxylation sites is 1. The second-order valence-electron chi connectivity index (χ2n) is 7.33. The van der Waals surface area contributed by atoms with Gasteiger partial charge in [0.25, 0.3) is 0 Å². The normalized spacial score (nSPS) is 11.4. The molecule has 0 spiro atoms. The van der Waals surface area contributed by atoms with Gasteiger partial charge in [-0.3, -0.25) is 9.59 Å². The molecule has 0 fully saturated rings. The van der Waals surface area contributed by atoms with E-state index in [4.69, 9.17) is 0 Å². The summed E-state index contributed by atoms with van der Waals surface area (Å²) < 4.78 is 12.9. The van der Waals surface area contributed by atoms with Crippen molar-refractivity contribution >= 4 is 23.5 Å². The Bertz CT molecular complexity index is 895. The molecule has 0 aromatic heterocycles. The van der Waals surface area contributed by atoms with Crippen molar-refractivity contribution in [1.29, 1.82) is 0 Å². The summed E-state index contributed by atoms with van der Waals surface area (Å²) in [5.41, 5.74) is 3.33. The number of hydrogen-bond acceptors (Lipinski definition) is 3. The third-order valence-electron chi connectivity index (χ3n) is 4.73. The van der Waals surface area contributed by atoms with Gasteiger partial charge < -0.3 is 21.3 Å². The summed E-state index contributed by atoms with van der Waals surface area (Å²) in [5.74, 6) is -1.13. The van der Waals surface area contributed by atoms with Gasteiger partial charge in [0.05, 0.1) is 6.54 Å². The molecular weight excluding hydrogens is 399 g/mol. The van der Waals surface area contributed by atoms with E-state index in [0.29, 0.717) is 12.8 Å². The van der Waals surface area contributed by atoms with Gasteiger partial charge in [-0.05, 0) is 49.1 Å². The van der Waals surface area contributed by atoms with Crippen molar-refractivity contribution in [3.8, 4) is 0 Å². The first-order valence-electron chi connectivity index (χ1n) is 10.2. The molecule has 166 valence electrons. The molecule has 0 bridgehead atoms. The molecule has 2 rings (SSSR count). The van der Waals surface area contributed by atoms with Crippen LogP contribution in [0.15, 0.2) is 42.5 Å². The van der Waals surface area contributed by atoms with E-state index in [2.05, 4.69) is 21.3 Å². The predicted octanol–water partition coefficient (Wildman–Crippen LogP) is 3.17. The molecule has 2 aromatic carbocycles. The van der Waals surface area contributed by atoms with Crippen molar-refractivity contribution in [2.24, 2.45) is 0 Å². The maximum atomic E-state index is 12.9. The van der Waals surface area contributed by atoms with Crippen molar-refractivity contribution in [3.63, 3.8) is 0 Å². The highest BCUT2D eigenvalue weighted by Gasteiger charge is 2.20. The highest BCUT2D eigenvalue weighted by molar-refractivity contribution is 5.96. The Labute approximate surface area is 181 Å². The van der Waals surface area contributed by atoms with Crippen LogP contribution in [0.3, 0.4) is 0 Å². The van der Waals surface area contributed by atoms with Gasteiger partial charge in [-0.2, -0.15) is 0 Å². The lowest BCUT2D eigenvalue weighted by Crippen LogP contribution is -2.50. The summed E-state index contributed by atoms with van der Waals surface area (Å²) >= 11 is 0. The average molecular weight is 429 g/mol. The quantitative estimate of drug-likeness (QED) is 0.494. The van der Waals surface area contributed by atoms with Crippen LogP contribution in [0.1, 0.15) is 36.5 Å². The lowest BCUT2D eigenvalue weighted by atomic mass is 10.1. The molecule has 7 nitrogen and oxygen atoms in total. The van der Waals surface area contributed by atoms with Gasteiger partial charge in [0.1, 0.15) is 11.9 Å². The number of rotatable bonds is 9. The first-order chi connectivity index (χ1) is 14.8. The van der Waals surface area contributed by atoms with Gasteiger partial charge in [0, 0.05) is 12.2 Å². The van der Waals surface area contributed by atoms with E-state index in [9.17, 15) is 18.8 Å². The number of carbonyl (C=O) groups excluding carboxylic acids is 3. The Morgan fingerprint density at radius 2 is 1.61 bits per heavy atom. The Morgan fingerprint density at radius 1 is 0.968 bits per heavy atom. The molecule has 4 amide bonds. The molecule has 8 heteroatoms. The Hall–Kier alpha value is -3.42. The van der Waals surface area contributed by atoms with Crippen molar-refractivity contribution in [1.82, 2.24) is 16.0 Å². The Morgan fingerprint density at radius 3 is 2.23 bits per heavy atom. The lowest BCUT2D eigenvalue weighted by Gasteiger charge is -2.18. The molecule has 1 unspecified atom stereocenters. The van der Waals surface area contributed by atoms with Gasteiger partial charge in [-0.25, -0.2) is 9.18 Å². The van der Waals surface area contributed by atoms with E-state index in [0.717, 1.165) is 22.4 Å². The largest absolute Gasteiger partial charge is 0.345 e. The van der Waals surface area contributed by atoms with E-state index in [1.54, 1.807) is 12.1 Å². The van der Waals surface area contributed by atoms with Gasteiger partial charge in [-0.15, -0.1) is 0 Å². The Kier molecular flexibility index (Phi) is 8.99. The third-order valence-corrected chi connectivity index (χ3v) is 4.73. The van der Waals surface area contributed by atoms with Crippen LogP contribution in [0.4, 0.5) is 14.9 Å². The van der Waals surface area contributed by atoms with Crippen LogP contribution in [-0.4, -0.2) is 30.4 Å². The number of anilines is 1. The third kappa shape index (κ3) is 7.73. The summed E-state index contributed by atoms with van der Waals surface area (Å²) in [7, 11) is 0. The maximum Gasteiger partial charge on any atom is 0.315 e. The molecule has 0 aliphatic rings. The standard InChI is InChI=1S/C23H29FN4O3/c1-4-6-19(27-23(31)26-13-17-9-11-18(24)12-10-17)22(30)25-14-20(29)28-21-15(2)7-5-8-16(21)3/h5,7-12,19H,4,6,13-14H2,1-3H3,(H,25,30)(H,28,29)(H2,26,27,31). The summed E-state index contributed by atoms with van der Waals surface area (Å²) in [6, 6.07) is 10.2. The van der Waals surface area contributed by atoms with Crippen molar-refractivity contribution in [2.75, 3.05) is 11.9 Å². The number of aryl methyl sites for hydroxylation is 2. The van der Waals surface area contributed by atoms with Gasteiger partial charge >= 0.3 is 6.03 Å². The van der Waals surface area contributed by atoms with Gasteiger partial charge in [0.2, 0.25) is 11.8 Å². The highest BCUT2D eigenvalue weighted by atomic mass is 19.1. The molecular formula is C23H29FN4O3. The van der Waals surface area contributed by atoms with Crippen molar-refractivity contribution in [2.45, 2.75) is 46.2 Å². The second kappa shape index (κ2) is 11.7. The van der Waals surface area contributed by atoms with Crippen molar-refractivity contribution < 1.29 is 18.8 Å². The molecule has 0 saturated carbocycles. The fourth-order valence-corrected chi connectivity index (χ4v) is 3.04. The number of urea groups is 1. The topological polar surface area (TPSA) is 99.3 Å². The monoisotopic (exact) mass is 428 g/mol. The van der Waals surface area contributed by atoms with Crippen LogP contribution in [0, 0.1) is 19.7 Å². The number of carbonyl (C=O) groups is 3. The van der Waals surface area contributed by atoms with Crippen LogP contribution in [0.5, 0.6) is 0 Å². The van der Waals surface area contributed by atoms with Crippen LogP contribution in [-0.2, 0) is 16.1 Å². The fourth-order valence-electron chi connectivity index (χ4n) is 3.04. The minimum atomic E-state index is -0.772. The summed E-state index contributed by atoms with van der Waals surface area (Å²) in [6.07, 6.45) is 1.10. The number of nitrogens with one attached hydrogen (secondary N) is 4. The molecule has 0 saturated heterocycles. The molecule has 0 radical (unpaired) electrons. The molecule has 0 aliphatic carbocycles. The van der Waals surface area contributed by atoms with Crippen LogP contribution >= 0.6 is 0 Å². The molecule has 2 aromatic rings. The molecule has 4 N–H and O–H groups in total. The number of benzene rings is 2. The smallest absolute Gasteiger partial charge is 0.315 e. The maximum absolute atomic E-state index is 12.9. The zero-order valence-corrected chi connectivity index (χ0v) is 18.0. The molecule has 31 heavy (non-hydrogen) atoms. The van der Waals surface area contributed by atoms with E-state index in [-0.39, 0.29) is 24.8 Å². The number of hydrogen-bond donors (Lipinski definition) is 4. The van der Waals surface area contributed by atoms with Crippen LogP contribution in [0.2, 0.25) is 0 Å². The summed E-state index contributed by atoms with van der Waals surface area (Å²) in [6.45, 7) is 5.68. The second-order valence-corrected chi connectivity index (χ2v) is 7.33. The summed E-state index contributed by atoms with van der Waals surface area (Å²) in [4.78, 5) is 36.9. The fraction of sp³-hybridized carbons (Fsp3) is 0.348. The molecule has 0 aliphatic heterocycles. The number of amides is 4. The first-order valence-corrected chi connectivity index (χ1v) is 10.2. The average Bonchev–Trinajstić information content (AvgIpc) is 2.74. The molecule has 1 atom stereocenters. The SMILES string of the molecule is CCCC(NC(=O)NCc1ccc(F)cc1)C(=O)NCC(=O)Nc1c(C)cccc1C. The highest BCUT2D eigenvalue weighted by Crippen LogP contribution is 2.19. The van der Waals surface area contributed by atoms with Crippen LogP contribution in [0.25, 0.3) is 0 Å². The zero-order chi connectivity index (χ0) is 22.8. The molecule has 0 heterocycles. The van der Waals surface area contributed by atoms with E-state index in [1.165, 1.54) is 12.1 Å². The van der Waals surface area contributed by atoms with E-state index >= 15 is 0 Å². The first kappa shape index (κ1) is 23.9. The van der Waals surface area contributed by atoms with Crippen molar-refractivity contribution in [3.05, 3.63) is 65.0 Å². The van der Waals surface area contributed by atoms with E-state index < -0.39 is 18.0 Å².